The lowest BCUT2D eigenvalue weighted by atomic mass is 10.1. The van der Waals surface area contributed by atoms with Crippen molar-refractivity contribution < 1.29 is 9.59 Å². The fourth-order valence-electron chi connectivity index (χ4n) is 2.47. The predicted octanol–water partition coefficient (Wildman–Crippen LogP) is 5.88. The highest BCUT2D eigenvalue weighted by atomic mass is 35.5. The molecular weight excluding hydrogens is 378 g/mol. The lowest BCUT2D eigenvalue weighted by Gasteiger charge is -2.08. The van der Waals surface area contributed by atoms with Crippen molar-refractivity contribution in [1.82, 2.24) is 0 Å². The van der Waals surface area contributed by atoms with Gasteiger partial charge in [0.05, 0.1) is 5.75 Å². The van der Waals surface area contributed by atoms with E-state index in [0.29, 0.717) is 27.6 Å². The van der Waals surface area contributed by atoms with Crippen molar-refractivity contribution in [2.75, 3.05) is 11.1 Å². The number of halogens is 1. The van der Waals surface area contributed by atoms with Crippen LogP contribution in [0.25, 0.3) is 0 Å². The summed E-state index contributed by atoms with van der Waals surface area (Å²) < 4.78 is 0. The number of hydrogen-bond acceptors (Lipinski definition) is 3. The van der Waals surface area contributed by atoms with Gasteiger partial charge in [-0.25, -0.2) is 0 Å². The lowest BCUT2D eigenvalue weighted by molar-refractivity contribution is 0.101. The number of Topliss-reactive ketones (excluding diaryl/α,β-unsaturated/α-hetero) is 1. The lowest BCUT2D eigenvalue weighted by Crippen LogP contribution is -2.11. The Bertz CT molecular complexity index is 970. The normalized spacial score (nSPS) is 10.4. The van der Waals surface area contributed by atoms with Gasteiger partial charge >= 0.3 is 0 Å². The average Bonchev–Trinajstić information content (AvgIpc) is 2.67. The van der Waals surface area contributed by atoms with E-state index in [1.807, 2.05) is 55.5 Å². The number of thioether (sulfide) groups is 1. The monoisotopic (exact) mass is 395 g/mol. The summed E-state index contributed by atoms with van der Waals surface area (Å²) in [7, 11) is 0. The minimum atomic E-state index is -0.226. The first-order valence-corrected chi connectivity index (χ1v) is 9.77. The standard InChI is InChI=1S/C22H18ClNO2S/c1-15-8-10-16(11-9-15)21(25)14-27-20-7-3-6-19(13-20)24-22(26)17-4-2-5-18(23)12-17/h2-13H,14H2,1H3,(H,24,26). The highest BCUT2D eigenvalue weighted by Gasteiger charge is 2.09. The average molecular weight is 396 g/mol. The van der Waals surface area contributed by atoms with E-state index in [1.54, 1.807) is 24.3 Å². The third-order valence-corrected chi connectivity index (χ3v) is 5.15. The van der Waals surface area contributed by atoms with Crippen molar-refractivity contribution in [3.8, 4) is 0 Å². The first kappa shape index (κ1) is 19.2. The molecule has 136 valence electrons. The molecular formula is C22H18ClNO2S. The molecule has 0 spiro atoms. The summed E-state index contributed by atoms with van der Waals surface area (Å²) in [5.74, 6) is 0.193. The molecule has 0 aromatic heterocycles. The van der Waals surface area contributed by atoms with Gasteiger partial charge in [0, 0.05) is 26.7 Å². The number of nitrogens with one attached hydrogen (secondary N) is 1. The molecule has 0 unspecified atom stereocenters. The molecule has 0 aliphatic heterocycles. The van der Waals surface area contributed by atoms with Crippen LogP contribution in [0.2, 0.25) is 5.02 Å². The molecule has 0 saturated heterocycles. The van der Waals surface area contributed by atoms with Crippen LogP contribution in [0, 0.1) is 6.92 Å². The van der Waals surface area contributed by atoms with Gasteiger partial charge in [0.1, 0.15) is 0 Å². The fourth-order valence-corrected chi connectivity index (χ4v) is 3.51. The largest absolute Gasteiger partial charge is 0.322 e. The number of benzene rings is 3. The molecule has 3 aromatic rings. The molecule has 0 atom stereocenters. The highest BCUT2D eigenvalue weighted by Crippen LogP contribution is 2.23. The van der Waals surface area contributed by atoms with Crippen LogP contribution in [0.3, 0.4) is 0 Å². The second kappa shape index (κ2) is 8.89. The predicted molar refractivity (Wildman–Crippen MR) is 112 cm³/mol. The van der Waals surface area contributed by atoms with Gasteiger partial charge in [-0.15, -0.1) is 11.8 Å². The number of amides is 1. The Hall–Kier alpha value is -2.56. The minimum Gasteiger partial charge on any atom is -0.322 e. The molecule has 5 heteroatoms. The number of ketones is 1. The number of anilines is 1. The summed E-state index contributed by atoms with van der Waals surface area (Å²) in [5.41, 5.74) is 3.00. The van der Waals surface area contributed by atoms with Gasteiger partial charge in [-0.1, -0.05) is 53.6 Å². The molecule has 0 heterocycles. The zero-order chi connectivity index (χ0) is 19.2. The Kier molecular flexibility index (Phi) is 6.32. The van der Waals surface area contributed by atoms with E-state index < -0.39 is 0 Å². The van der Waals surface area contributed by atoms with E-state index >= 15 is 0 Å². The van der Waals surface area contributed by atoms with Crippen molar-refractivity contribution in [3.63, 3.8) is 0 Å². The van der Waals surface area contributed by atoms with E-state index in [9.17, 15) is 9.59 Å². The van der Waals surface area contributed by atoms with Crippen molar-refractivity contribution in [2.45, 2.75) is 11.8 Å². The third kappa shape index (κ3) is 5.46. The van der Waals surface area contributed by atoms with Crippen molar-refractivity contribution in [2.24, 2.45) is 0 Å². The molecule has 0 aliphatic rings. The Balaban J connectivity index is 1.62. The van der Waals surface area contributed by atoms with Crippen molar-refractivity contribution in [1.29, 1.82) is 0 Å². The van der Waals surface area contributed by atoms with Gasteiger partial charge in [0.25, 0.3) is 5.91 Å². The molecule has 3 nitrogen and oxygen atoms in total. The molecule has 0 saturated carbocycles. The number of carbonyl (C=O) groups excluding carboxylic acids is 2. The number of rotatable bonds is 6. The smallest absolute Gasteiger partial charge is 0.255 e. The Morgan fingerprint density at radius 1 is 0.926 bits per heavy atom. The maximum Gasteiger partial charge on any atom is 0.255 e. The van der Waals surface area contributed by atoms with Crippen LogP contribution in [0.5, 0.6) is 0 Å². The number of hydrogen-bond donors (Lipinski definition) is 1. The molecule has 0 fully saturated rings. The van der Waals surface area contributed by atoms with E-state index in [2.05, 4.69) is 5.32 Å². The maximum atomic E-state index is 12.3. The summed E-state index contributed by atoms with van der Waals surface area (Å²) in [6.45, 7) is 1.99. The molecule has 0 bridgehead atoms. The van der Waals surface area contributed by atoms with Crippen molar-refractivity contribution in [3.05, 3.63) is 94.5 Å². The van der Waals surface area contributed by atoms with E-state index in [4.69, 9.17) is 11.6 Å². The molecule has 3 aromatic carbocycles. The second-order valence-electron chi connectivity index (χ2n) is 6.07. The second-order valence-corrected chi connectivity index (χ2v) is 7.56. The molecule has 27 heavy (non-hydrogen) atoms. The van der Waals surface area contributed by atoms with Crippen LogP contribution in [0.15, 0.2) is 77.7 Å². The van der Waals surface area contributed by atoms with Gasteiger partial charge in [0.2, 0.25) is 0 Å². The van der Waals surface area contributed by atoms with Crippen molar-refractivity contribution >= 4 is 40.7 Å². The Morgan fingerprint density at radius 2 is 1.67 bits per heavy atom. The summed E-state index contributed by atoms with van der Waals surface area (Å²) in [6, 6.07) is 21.8. The van der Waals surface area contributed by atoms with Crippen LogP contribution in [-0.2, 0) is 0 Å². The molecule has 0 radical (unpaired) electrons. The molecule has 1 amide bonds. The van der Waals surface area contributed by atoms with Gasteiger partial charge in [-0.2, -0.15) is 0 Å². The highest BCUT2D eigenvalue weighted by molar-refractivity contribution is 8.00. The first-order valence-electron chi connectivity index (χ1n) is 8.41. The Labute approximate surface area is 167 Å². The van der Waals surface area contributed by atoms with Crippen LogP contribution in [-0.4, -0.2) is 17.4 Å². The topological polar surface area (TPSA) is 46.2 Å². The van der Waals surface area contributed by atoms with E-state index in [-0.39, 0.29) is 11.7 Å². The van der Waals surface area contributed by atoms with Crippen LogP contribution >= 0.6 is 23.4 Å². The van der Waals surface area contributed by atoms with Crippen LogP contribution < -0.4 is 5.32 Å². The van der Waals surface area contributed by atoms with Gasteiger partial charge in [-0.3, -0.25) is 9.59 Å². The third-order valence-electron chi connectivity index (χ3n) is 3.92. The first-order chi connectivity index (χ1) is 13.0. The maximum absolute atomic E-state index is 12.3. The Morgan fingerprint density at radius 3 is 2.41 bits per heavy atom. The SMILES string of the molecule is Cc1ccc(C(=O)CSc2cccc(NC(=O)c3cccc(Cl)c3)c2)cc1. The van der Waals surface area contributed by atoms with Gasteiger partial charge in [-0.05, 0) is 43.3 Å². The van der Waals surface area contributed by atoms with Crippen LogP contribution in [0.1, 0.15) is 26.3 Å². The van der Waals surface area contributed by atoms with Crippen LogP contribution in [0.4, 0.5) is 5.69 Å². The van der Waals surface area contributed by atoms with E-state index in [0.717, 1.165) is 10.5 Å². The molecule has 1 N–H and O–H groups in total. The number of carbonyl (C=O) groups is 2. The zero-order valence-electron chi connectivity index (χ0n) is 14.7. The molecule has 0 aliphatic carbocycles. The zero-order valence-corrected chi connectivity index (χ0v) is 16.3. The van der Waals surface area contributed by atoms with Gasteiger partial charge < -0.3 is 5.32 Å². The quantitative estimate of drug-likeness (QED) is 0.419. The summed E-state index contributed by atoms with van der Waals surface area (Å²) in [6.07, 6.45) is 0. The number of aryl methyl sites for hydroxylation is 1. The summed E-state index contributed by atoms with van der Waals surface area (Å²) in [4.78, 5) is 25.5. The minimum absolute atomic E-state index is 0.0772. The summed E-state index contributed by atoms with van der Waals surface area (Å²) >= 11 is 7.38. The molecule has 3 rings (SSSR count). The van der Waals surface area contributed by atoms with Gasteiger partial charge in [0.15, 0.2) is 5.78 Å². The van der Waals surface area contributed by atoms with E-state index in [1.165, 1.54) is 11.8 Å². The summed E-state index contributed by atoms with van der Waals surface area (Å²) in [5, 5.41) is 3.37. The fraction of sp³-hybridized carbons (Fsp3) is 0.0909.